The number of piperidine rings is 1. The molecule has 1 saturated heterocycles. The minimum absolute atomic E-state index is 0.0134. The van der Waals surface area contributed by atoms with E-state index < -0.39 is 5.60 Å². The van der Waals surface area contributed by atoms with Crippen molar-refractivity contribution >= 4 is 22.9 Å². The molecule has 2 aromatic rings. The molecule has 1 aliphatic carbocycles. The number of nitrogens with zero attached hydrogens (tertiary/aromatic N) is 2. The molecule has 3 atom stereocenters. The van der Waals surface area contributed by atoms with Gasteiger partial charge in [0.05, 0.1) is 17.1 Å². The number of rotatable bonds is 3. The highest BCUT2D eigenvalue weighted by atomic mass is 16.6. The van der Waals surface area contributed by atoms with Crippen LogP contribution < -0.4 is 5.32 Å². The number of para-hydroxylation sites is 1. The number of amides is 2. The number of hydrogen-bond acceptors (Lipinski definition) is 4. The van der Waals surface area contributed by atoms with Crippen LogP contribution in [0.3, 0.4) is 0 Å². The zero-order chi connectivity index (χ0) is 19.9. The molecule has 2 aliphatic rings. The van der Waals surface area contributed by atoms with Crippen LogP contribution in [0.25, 0.3) is 10.9 Å². The number of ether oxygens (including phenoxy) is 1. The number of benzene rings is 1. The normalized spacial score (nSPS) is 23.8. The summed E-state index contributed by atoms with van der Waals surface area (Å²) in [5.74, 6) is 0.264. The lowest BCUT2D eigenvalue weighted by atomic mass is 9.98. The Morgan fingerprint density at radius 2 is 2.00 bits per heavy atom. The van der Waals surface area contributed by atoms with Crippen LogP contribution in [0.4, 0.5) is 4.79 Å². The predicted molar refractivity (Wildman–Crippen MR) is 107 cm³/mol. The van der Waals surface area contributed by atoms with E-state index in [0.717, 1.165) is 24.6 Å². The van der Waals surface area contributed by atoms with E-state index in [9.17, 15) is 9.59 Å². The van der Waals surface area contributed by atoms with Gasteiger partial charge in [0.1, 0.15) is 5.60 Å². The number of likely N-dealkylation sites (tertiary alicyclic amines) is 1. The van der Waals surface area contributed by atoms with Crippen LogP contribution in [0.15, 0.2) is 36.5 Å². The average Bonchev–Trinajstić information content (AvgIpc) is 3.25. The van der Waals surface area contributed by atoms with Crippen molar-refractivity contribution in [2.45, 2.75) is 57.7 Å². The monoisotopic (exact) mass is 381 g/mol. The van der Waals surface area contributed by atoms with Crippen LogP contribution in [0.1, 0.15) is 50.4 Å². The minimum atomic E-state index is -0.526. The van der Waals surface area contributed by atoms with Gasteiger partial charge in [-0.25, -0.2) is 4.79 Å². The predicted octanol–water partition coefficient (Wildman–Crippen LogP) is 3.75. The molecule has 4 rings (SSSR count). The smallest absolute Gasteiger partial charge is 0.410 e. The highest BCUT2D eigenvalue weighted by Gasteiger charge is 2.49. The quantitative estimate of drug-likeness (QED) is 0.879. The van der Waals surface area contributed by atoms with Gasteiger partial charge in [-0.3, -0.25) is 9.78 Å². The Labute approximate surface area is 165 Å². The molecule has 1 aliphatic heterocycles. The first-order valence-corrected chi connectivity index (χ1v) is 9.97. The topological polar surface area (TPSA) is 71.5 Å². The summed E-state index contributed by atoms with van der Waals surface area (Å²) in [6.07, 6.45) is 4.53. The van der Waals surface area contributed by atoms with Crippen LogP contribution >= 0.6 is 0 Å². The molecule has 2 fully saturated rings. The van der Waals surface area contributed by atoms with E-state index in [1.165, 1.54) is 0 Å². The number of fused-ring (bicyclic) bond motifs is 3. The van der Waals surface area contributed by atoms with Crippen molar-refractivity contribution < 1.29 is 14.3 Å². The van der Waals surface area contributed by atoms with Crippen molar-refractivity contribution in [1.29, 1.82) is 0 Å². The summed E-state index contributed by atoms with van der Waals surface area (Å²) in [6, 6.07) is 9.61. The molecule has 0 unspecified atom stereocenters. The van der Waals surface area contributed by atoms with Gasteiger partial charge in [-0.1, -0.05) is 18.2 Å². The molecule has 148 valence electrons. The third kappa shape index (κ3) is 3.55. The second-order valence-electron chi connectivity index (χ2n) is 8.77. The highest BCUT2D eigenvalue weighted by Crippen LogP contribution is 2.42. The van der Waals surface area contributed by atoms with Crippen molar-refractivity contribution in [3.05, 3.63) is 42.1 Å². The zero-order valence-electron chi connectivity index (χ0n) is 16.6. The Bertz CT molecular complexity index is 900. The number of pyridine rings is 1. The molecule has 0 spiro atoms. The van der Waals surface area contributed by atoms with Crippen molar-refractivity contribution in [3.63, 3.8) is 0 Å². The molecule has 0 radical (unpaired) electrons. The number of nitrogens with one attached hydrogen (secondary N) is 1. The standard InChI is InChI=1S/C22H27N3O3/c1-22(2,3)28-21(27)25-16-10-9-15(12-16)18(25)13-24-20(26)17-8-4-6-14-7-5-11-23-19(14)17/h4-8,11,15-16,18H,9-10,12-13H2,1-3H3,(H,24,26)/t15-,16+,18+/m0/s1. The maximum absolute atomic E-state index is 12.8. The van der Waals surface area contributed by atoms with Gasteiger partial charge >= 0.3 is 6.09 Å². The van der Waals surface area contributed by atoms with E-state index in [2.05, 4.69) is 10.3 Å². The van der Waals surface area contributed by atoms with Gasteiger partial charge in [0.25, 0.3) is 5.91 Å². The molecule has 1 saturated carbocycles. The average molecular weight is 381 g/mol. The molecule has 28 heavy (non-hydrogen) atoms. The highest BCUT2D eigenvalue weighted by molar-refractivity contribution is 6.05. The number of carbonyl (C=O) groups excluding carboxylic acids is 2. The number of hydrogen-bond donors (Lipinski definition) is 1. The molecule has 2 heterocycles. The second-order valence-corrected chi connectivity index (χ2v) is 8.77. The van der Waals surface area contributed by atoms with Crippen molar-refractivity contribution in [3.8, 4) is 0 Å². The Morgan fingerprint density at radius 1 is 1.21 bits per heavy atom. The number of carbonyl (C=O) groups is 2. The Hall–Kier alpha value is -2.63. The van der Waals surface area contributed by atoms with E-state index in [-0.39, 0.29) is 24.1 Å². The number of aromatic nitrogens is 1. The first-order chi connectivity index (χ1) is 13.3. The van der Waals surface area contributed by atoms with Gasteiger partial charge in [-0.05, 0) is 58.1 Å². The molecular weight excluding hydrogens is 354 g/mol. The molecular formula is C22H27N3O3. The third-order valence-electron chi connectivity index (χ3n) is 5.69. The van der Waals surface area contributed by atoms with Gasteiger partial charge in [-0.15, -0.1) is 0 Å². The van der Waals surface area contributed by atoms with Crippen LogP contribution in [0, 0.1) is 5.92 Å². The van der Waals surface area contributed by atoms with Gasteiger partial charge in [0.2, 0.25) is 0 Å². The third-order valence-corrected chi connectivity index (χ3v) is 5.69. The van der Waals surface area contributed by atoms with Crippen molar-refractivity contribution in [2.75, 3.05) is 6.54 Å². The molecule has 1 aromatic heterocycles. The summed E-state index contributed by atoms with van der Waals surface area (Å²) in [7, 11) is 0. The van der Waals surface area contributed by atoms with Gasteiger partial charge in [-0.2, -0.15) is 0 Å². The van der Waals surface area contributed by atoms with E-state index in [1.54, 1.807) is 12.3 Å². The first kappa shape index (κ1) is 18.7. The van der Waals surface area contributed by atoms with Crippen LogP contribution in [-0.2, 0) is 4.74 Å². The lowest BCUT2D eigenvalue weighted by molar-refractivity contribution is 0.00755. The molecule has 1 aromatic carbocycles. The molecule has 6 nitrogen and oxygen atoms in total. The summed E-state index contributed by atoms with van der Waals surface area (Å²) in [6.45, 7) is 6.07. The summed E-state index contributed by atoms with van der Waals surface area (Å²) in [5.41, 5.74) is 0.728. The maximum Gasteiger partial charge on any atom is 0.410 e. The molecule has 2 amide bonds. The Balaban J connectivity index is 1.48. The van der Waals surface area contributed by atoms with Gasteiger partial charge in [0, 0.05) is 24.2 Å². The fourth-order valence-corrected chi connectivity index (χ4v) is 4.54. The minimum Gasteiger partial charge on any atom is -0.444 e. The largest absolute Gasteiger partial charge is 0.444 e. The van der Waals surface area contributed by atoms with Crippen LogP contribution in [-0.4, -0.2) is 46.1 Å². The lowest BCUT2D eigenvalue weighted by Gasteiger charge is -2.36. The maximum atomic E-state index is 12.8. The summed E-state index contributed by atoms with van der Waals surface area (Å²) in [4.78, 5) is 31.8. The fourth-order valence-electron chi connectivity index (χ4n) is 4.54. The van der Waals surface area contributed by atoms with E-state index in [1.807, 2.05) is 49.9 Å². The fraction of sp³-hybridized carbons (Fsp3) is 0.500. The summed E-state index contributed by atoms with van der Waals surface area (Å²) >= 11 is 0. The zero-order valence-corrected chi connectivity index (χ0v) is 16.6. The van der Waals surface area contributed by atoms with Crippen LogP contribution in [0.2, 0.25) is 0 Å². The lowest BCUT2D eigenvalue weighted by Crippen LogP contribution is -2.51. The Morgan fingerprint density at radius 3 is 2.79 bits per heavy atom. The first-order valence-electron chi connectivity index (χ1n) is 9.97. The van der Waals surface area contributed by atoms with Crippen molar-refractivity contribution in [1.82, 2.24) is 15.2 Å². The Kier molecular flexibility index (Phi) is 4.73. The van der Waals surface area contributed by atoms with Crippen LogP contribution in [0.5, 0.6) is 0 Å². The van der Waals surface area contributed by atoms with E-state index >= 15 is 0 Å². The second kappa shape index (κ2) is 7.08. The summed E-state index contributed by atoms with van der Waals surface area (Å²) in [5, 5.41) is 3.97. The van der Waals surface area contributed by atoms with E-state index in [0.29, 0.717) is 23.5 Å². The summed E-state index contributed by atoms with van der Waals surface area (Å²) < 4.78 is 5.62. The van der Waals surface area contributed by atoms with Crippen molar-refractivity contribution in [2.24, 2.45) is 5.92 Å². The molecule has 2 bridgehead atoms. The van der Waals surface area contributed by atoms with Gasteiger partial charge < -0.3 is 15.0 Å². The van der Waals surface area contributed by atoms with E-state index in [4.69, 9.17) is 4.74 Å². The SMILES string of the molecule is CC(C)(C)OC(=O)N1[C@@H]2CC[C@@H](C2)[C@H]1CNC(=O)c1cccc2cccnc12. The van der Waals surface area contributed by atoms with Gasteiger partial charge in [0.15, 0.2) is 0 Å². The molecule has 1 N–H and O–H groups in total. The molecule has 6 heteroatoms.